The van der Waals surface area contributed by atoms with Crippen molar-refractivity contribution in [1.82, 2.24) is 0 Å². The van der Waals surface area contributed by atoms with E-state index in [1.807, 2.05) is 18.2 Å². The zero-order valence-electron chi connectivity index (χ0n) is 7.73. The topological polar surface area (TPSA) is 46.2 Å². The van der Waals surface area contributed by atoms with Crippen LogP contribution in [0.4, 0.5) is 5.69 Å². The molecule has 0 aliphatic rings. The van der Waals surface area contributed by atoms with Crippen LogP contribution in [-0.2, 0) is 0 Å². The maximum atomic E-state index is 8.67. The van der Waals surface area contributed by atoms with Crippen LogP contribution in [-0.4, -0.2) is 17.5 Å². The van der Waals surface area contributed by atoms with Crippen LogP contribution in [0, 0.1) is 0 Å². The summed E-state index contributed by atoms with van der Waals surface area (Å²) >= 11 is 1.73. The van der Waals surface area contributed by atoms with Gasteiger partial charge in [0.2, 0.25) is 0 Å². The summed E-state index contributed by atoms with van der Waals surface area (Å²) in [6.45, 7) is 2.35. The van der Waals surface area contributed by atoms with E-state index in [-0.39, 0.29) is 6.61 Å². The molecule has 0 bridgehead atoms. The van der Waals surface area contributed by atoms with Crippen molar-refractivity contribution in [3.63, 3.8) is 0 Å². The standard InChI is InChI=1S/C10H15NOS/c1-8(13-6-5-12)9-3-2-4-10(11)7-9/h2-4,7-8,12H,5-6,11H2,1H3. The number of hydrogen-bond donors (Lipinski definition) is 2. The molecule has 0 aliphatic heterocycles. The van der Waals surface area contributed by atoms with E-state index in [0.717, 1.165) is 11.4 Å². The molecule has 0 saturated heterocycles. The van der Waals surface area contributed by atoms with Crippen molar-refractivity contribution in [2.75, 3.05) is 18.1 Å². The minimum atomic E-state index is 0.233. The van der Waals surface area contributed by atoms with Crippen molar-refractivity contribution in [3.05, 3.63) is 29.8 Å². The fourth-order valence-corrected chi connectivity index (χ4v) is 1.94. The molecule has 0 aromatic heterocycles. The van der Waals surface area contributed by atoms with E-state index in [4.69, 9.17) is 10.8 Å². The van der Waals surface area contributed by atoms with Gasteiger partial charge in [0.15, 0.2) is 0 Å². The summed E-state index contributed by atoms with van der Waals surface area (Å²) in [5.41, 5.74) is 7.69. The first-order valence-electron chi connectivity index (χ1n) is 4.32. The second kappa shape index (κ2) is 5.14. The van der Waals surface area contributed by atoms with Gasteiger partial charge in [-0.1, -0.05) is 12.1 Å². The molecule has 1 rings (SSSR count). The van der Waals surface area contributed by atoms with Gasteiger partial charge in [-0.3, -0.25) is 0 Å². The minimum absolute atomic E-state index is 0.233. The maximum Gasteiger partial charge on any atom is 0.0521 e. The summed E-state index contributed by atoms with van der Waals surface area (Å²) in [4.78, 5) is 0. The molecule has 13 heavy (non-hydrogen) atoms. The molecule has 72 valence electrons. The fourth-order valence-electron chi connectivity index (χ4n) is 1.14. The van der Waals surface area contributed by atoms with Gasteiger partial charge in [0.05, 0.1) is 6.61 Å². The first kappa shape index (κ1) is 10.4. The lowest BCUT2D eigenvalue weighted by Crippen LogP contribution is -1.94. The number of benzene rings is 1. The molecule has 2 nitrogen and oxygen atoms in total. The summed E-state index contributed by atoms with van der Waals surface area (Å²) in [6.07, 6.45) is 0. The normalized spacial score (nSPS) is 12.8. The first-order valence-corrected chi connectivity index (χ1v) is 5.37. The van der Waals surface area contributed by atoms with Crippen molar-refractivity contribution in [3.8, 4) is 0 Å². The number of thioether (sulfide) groups is 1. The van der Waals surface area contributed by atoms with Crippen molar-refractivity contribution < 1.29 is 5.11 Å². The van der Waals surface area contributed by atoms with E-state index in [2.05, 4.69) is 13.0 Å². The second-order valence-electron chi connectivity index (χ2n) is 2.91. The number of aliphatic hydroxyl groups is 1. The van der Waals surface area contributed by atoms with Gasteiger partial charge in [-0.15, -0.1) is 0 Å². The Labute approximate surface area is 83.1 Å². The summed E-state index contributed by atoms with van der Waals surface area (Å²) in [6, 6.07) is 7.88. The quantitative estimate of drug-likeness (QED) is 0.726. The largest absolute Gasteiger partial charge is 0.399 e. The summed E-state index contributed by atoms with van der Waals surface area (Å²) in [5.74, 6) is 0.774. The molecule has 1 aromatic carbocycles. The van der Waals surface area contributed by atoms with Gasteiger partial charge in [-0.2, -0.15) is 11.8 Å². The lowest BCUT2D eigenvalue weighted by molar-refractivity contribution is 0.322. The van der Waals surface area contributed by atoms with Gasteiger partial charge >= 0.3 is 0 Å². The molecule has 3 N–H and O–H groups in total. The van der Waals surface area contributed by atoms with Crippen LogP contribution >= 0.6 is 11.8 Å². The predicted octanol–water partition coefficient (Wildman–Crippen LogP) is 2.06. The van der Waals surface area contributed by atoms with Gasteiger partial charge < -0.3 is 10.8 Å². The zero-order chi connectivity index (χ0) is 9.68. The molecule has 0 radical (unpaired) electrons. The van der Waals surface area contributed by atoms with Crippen LogP contribution in [0.1, 0.15) is 17.7 Å². The van der Waals surface area contributed by atoms with Gasteiger partial charge in [-0.25, -0.2) is 0 Å². The van der Waals surface area contributed by atoms with E-state index in [1.54, 1.807) is 11.8 Å². The summed E-state index contributed by atoms with van der Waals surface area (Å²) < 4.78 is 0. The Morgan fingerprint density at radius 2 is 2.31 bits per heavy atom. The molecule has 0 spiro atoms. The molecular weight excluding hydrogens is 182 g/mol. The predicted molar refractivity (Wildman–Crippen MR) is 58.8 cm³/mol. The second-order valence-corrected chi connectivity index (χ2v) is 4.36. The van der Waals surface area contributed by atoms with Crippen molar-refractivity contribution in [1.29, 1.82) is 0 Å². The van der Waals surface area contributed by atoms with E-state index in [1.165, 1.54) is 5.56 Å². The molecule has 1 atom stereocenters. The van der Waals surface area contributed by atoms with E-state index < -0.39 is 0 Å². The Morgan fingerprint density at radius 1 is 1.54 bits per heavy atom. The van der Waals surface area contributed by atoms with Crippen molar-refractivity contribution in [2.24, 2.45) is 0 Å². The third-order valence-electron chi connectivity index (χ3n) is 1.84. The fraction of sp³-hybridized carbons (Fsp3) is 0.400. The molecule has 0 fully saturated rings. The highest BCUT2D eigenvalue weighted by molar-refractivity contribution is 7.99. The van der Waals surface area contributed by atoms with Crippen molar-refractivity contribution in [2.45, 2.75) is 12.2 Å². The van der Waals surface area contributed by atoms with E-state index >= 15 is 0 Å². The third kappa shape index (κ3) is 3.28. The van der Waals surface area contributed by atoms with Crippen molar-refractivity contribution >= 4 is 17.4 Å². The number of nitrogens with two attached hydrogens (primary N) is 1. The van der Waals surface area contributed by atoms with Gasteiger partial charge in [0.1, 0.15) is 0 Å². The molecule has 0 saturated carbocycles. The number of anilines is 1. The lowest BCUT2D eigenvalue weighted by Gasteiger charge is -2.10. The first-order chi connectivity index (χ1) is 6.24. The zero-order valence-corrected chi connectivity index (χ0v) is 8.55. The number of nitrogen functional groups attached to an aromatic ring is 1. The van der Waals surface area contributed by atoms with E-state index in [9.17, 15) is 0 Å². The third-order valence-corrected chi connectivity index (χ3v) is 3.03. The lowest BCUT2D eigenvalue weighted by atomic mass is 10.1. The van der Waals surface area contributed by atoms with Crippen LogP contribution in [0.3, 0.4) is 0 Å². The minimum Gasteiger partial charge on any atom is -0.399 e. The number of hydrogen-bond acceptors (Lipinski definition) is 3. The van der Waals surface area contributed by atoms with Crippen LogP contribution in [0.15, 0.2) is 24.3 Å². The summed E-state index contributed by atoms with van der Waals surface area (Å²) in [5, 5.41) is 9.07. The Balaban J connectivity index is 2.60. The smallest absolute Gasteiger partial charge is 0.0521 e. The molecular formula is C10H15NOS. The Kier molecular flexibility index (Phi) is 4.12. The average Bonchev–Trinajstić information content (AvgIpc) is 2.14. The molecule has 1 aromatic rings. The number of aliphatic hydroxyl groups excluding tert-OH is 1. The Bertz CT molecular complexity index is 265. The average molecular weight is 197 g/mol. The molecule has 3 heteroatoms. The Morgan fingerprint density at radius 3 is 2.92 bits per heavy atom. The molecule has 0 aliphatic carbocycles. The highest BCUT2D eigenvalue weighted by atomic mass is 32.2. The van der Waals surface area contributed by atoms with Crippen LogP contribution < -0.4 is 5.73 Å². The van der Waals surface area contributed by atoms with Gasteiger partial charge in [0, 0.05) is 16.7 Å². The SMILES string of the molecule is CC(SCCO)c1cccc(N)c1. The van der Waals surface area contributed by atoms with Crippen LogP contribution in [0.25, 0.3) is 0 Å². The molecule has 0 heterocycles. The van der Waals surface area contributed by atoms with Gasteiger partial charge in [-0.05, 0) is 24.6 Å². The van der Waals surface area contributed by atoms with Crippen LogP contribution in [0.5, 0.6) is 0 Å². The highest BCUT2D eigenvalue weighted by Gasteiger charge is 2.04. The summed E-state index contributed by atoms with van der Waals surface area (Å²) in [7, 11) is 0. The highest BCUT2D eigenvalue weighted by Crippen LogP contribution is 2.28. The Hall–Kier alpha value is -0.670. The van der Waals surface area contributed by atoms with E-state index in [0.29, 0.717) is 5.25 Å². The monoisotopic (exact) mass is 197 g/mol. The molecule has 0 amide bonds. The van der Waals surface area contributed by atoms with Gasteiger partial charge in [0.25, 0.3) is 0 Å². The number of rotatable bonds is 4. The van der Waals surface area contributed by atoms with Crippen LogP contribution in [0.2, 0.25) is 0 Å². The maximum absolute atomic E-state index is 8.67. The molecule has 1 unspecified atom stereocenters.